The molecule has 0 spiro atoms. The second kappa shape index (κ2) is 8.69. The fraction of sp³-hybridized carbons (Fsp3) is 0.294. The van der Waals surface area contributed by atoms with E-state index in [-0.39, 0.29) is 17.9 Å². The second-order valence-electron chi connectivity index (χ2n) is 5.40. The number of rotatable bonds is 8. The van der Waals surface area contributed by atoms with Crippen LogP contribution in [-0.4, -0.2) is 40.9 Å². The second-order valence-corrected chi connectivity index (χ2v) is 6.44. The molecule has 3 aromatic rings. The molecule has 0 fully saturated rings. The van der Waals surface area contributed by atoms with Crippen molar-refractivity contribution in [2.45, 2.75) is 13.0 Å². The lowest BCUT2D eigenvalue weighted by atomic mass is 10.3. The third-order valence-electron chi connectivity index (χ3n) is 3.42. The number of halogens is 1. The highest BCUT2D eigenvalue weighted by molar-refractivity contribution is 7.16. The zero-order valence-corrected chi connectivity index (χ0v) is 15.2. The zero-order valence-electron chi connectivity index (χ0n) is 14.4. The number of carbonyl (C=O) groups excluding carboxylic acids is 1. The van der Waals surface area contributed by atoms with Crippen molar-refractivity contribution in [2.75, 3.05) is 20.3 Å². The first-order valence-corrected chi connectivity index (χ1v) is 8.79. The van der Waals surface area contributed by atoms with E-state index in [9.17, 15) is 14.0 Å². The van der Waals surface area contributed by atoms with Crippen LogP contribution in [0.25, 0.3) is 4.96 Å². The standard InChI is InChI=1S/C17H16FN3O5S/c1-24-7-6-14-20-21-15(22)8-11(19-17(21)27-14)9-26-16(23)10-25-13-5-3-2-4-12(13)18/h2-5,8H,6-7,9-10H2,1H3. The molecule has 0 aliphatic rings. The van der Waals surface area contributed by atoms with Crippen LogP contribution in [0.5, 0.6) is 5.75 Å². The van der Waals surface area contributed by atoms with Crippen LogP contribution in [0, 0.1) is 5.82 Å². The molecule has 0 atom stereocenters. The van der Waals surface area contributed by atoms with E-state index >= 15 is 0 Å². The van der Waals surface area contributed by atoms with Gasteiger partial charge in [-0.2, -0.15) is 9.61 Å². The summed E-state index contributed by atoms with van der Waals surface area (Å²) in [6.45, 7) is -0.165. The third-order valence-corrected chi connectivity index (χ3v) is 4.39. The number of hydrogen-bond acceptors (Lipinski definition) is 8. The molecule has 0 radical (unpaired) electrons. The molecule has 0 N–H and O–H groups in total. The first-order valence-electron chi connectivity index (χ1n) is 7.97. The van der Waals surface area contributed by atoms with Gasteiger partial charge < -0.3 is 14.2 Å². The zero-order chi connectivity index (χ0) is 19.2. The van der Waals surface area contributed by atoms with E-state index in [1.165, 1.54) is 40.1 Å². The van der Waals surface area contributed by atoms with Crippen LogP contribution in [0.2, 0.25) is 0 Å². The van der Waals surface area contributed by atoms with E-state index in [1.54, 1.807) is 13.2 Å². The predicted molar refractivity (Wildman–Crippen MR) is 94.4 cm³/mol. The van der Waals surface area contributed by atoms with Crippen LogP contribution >= 0.6 is 11.3 Å². The van der Waals surface area contributed by atoms with Crippen molar-refractivity contribution in [1.29, 1.82) is 0 Å². The number of carbonyl (C=O) groups is 1. The number of aromatic nitrogens is 3. The highest BCUT2D eigenvalue weighted by atomic mass is 32.1. The number of nitrogens with zero attached hydrogens (tertiary/aromatic N) is 3. The number of methoxy groups -OCH3 is 1. The highest BCUT2D eigenvalue weighted by Gasteiger charge is 2.12. The molecule has 0 saturated carbocycles. The van der Waals surface area contributed by atoms with Gasteiger partial charge in [-0.05, 0) is 12.1 Å². The average Bonchev–Trinajstić information content (AvgIpc) is 3.07. The topological polar surface area (TPSA) is 92.0 Å². The van der Waals surface area contributed by atoms with Gasteiger partial charge in [0.05, 0.1) is 12.3 Å². The Hall–Kier alpha value is -2.85. The molecular formula is C17H16FN3O5S. The molecule has 0 bridgehead atoms. The maximum absolute atomic E-state index is 13.4. The quantitative estimate of drug-likeness (QED) is 0.537. The maximum Gasteiger partial charge on any atom is 0.344 e. The van der Waals surface area contributed by atoms with Crippen molar-refractivity contribution in [3.8, 4) is 5.75 Å². The average molecular weight is 393 g/mol. The molecule has 0 saturated heterocycles. The summed E-state index contributed by atoms with van der Waals surface area (Å²) in [7, 11) is 1.58. The molecule has 0 aliphatic carbocycles. The van der Waals surface area contributed by atoms with Crippen molar-refractivity contribution in [3.63, 3.8) is 0 Å². The Morgan fingerprint density at radius 3 is 2.93 bits per heavy atom. The van der Waals surface area contributed by atoms with Crippen molar-refractivity contribution in [1.82, 2.24) is 14.6 Å². The monoisotopic (exact) mass is 393 g/mol. The molecule has 2 aromatic heterocycles. The summed E-state index contributed by atoms with van der Waals surface area (Å²) in [6.07, 6.45) is 0.571. The molecule has 8 nitrogen and oxygen atoms in total. The lowest BCUT2D eigenvalue weighted by molar-refractivity contribution is -0.147. The van der Waals surface area contributed by atoms with Gasteiger partial charge in [-0.1, -0.05) is 23.5 Å². The van der Waals surface area contributed by atoms with Gasteiger partial charge >= 0.3 is 5.97 Å². The number of ether oxygens (including phenoxy) is 3. The Labute approximate surface area is 157 Å². The summed E-state index contributed by atoms with van der Waals surface area (Å²) in [5.41, 5.74) is -0.0743. The van der Waals surface area contributed by atoms with Crippen LogP contribution in [-0.2, 0) is 27.3 Å². The molecular weight excluding hydrogens is 377 g/mol. The lowest BCUT2D eigenvalue weighted by Gasteiger charge is -2.07. The minimum Gasteiger partial charge on any atom is -0.479 e. The number of fused-ring (bicyclic) bond motifs is 1. The Morgan fingerprint density at radius 2 is 2.15 bits per heavy atom. The lowest BCUT2D eigenvalue weighted by Crippen LogP contribution is -2.18. The summed E-state index contributed by atoms with van der Waals surface area (Å²) >= 11 is 1.26. The minimum atomic E-state index is -0.703. The molecule has 2 heterocycles. The number of esters is 1. The van der Waals surface area contributed by atoms with Gasteiger partial charge in [0.2, 0.25) is 4.96 Å². The normalized spacial score (nSPS) is 10.9. The molecule has 1 aromatic carbocycles. The van der Waals surface area contributed by atoms with Crippen LogP contribution < -0.4 is 10.3 Å². The van der Waals surface area contributed by atoms with Crippen LogP contribution in [0.3, 0.4) is 0 Å². The third kappa shape index (κ3) is 4.86. The molecule has 0 amide bonds. The molecule has 27 heavy (non-hydrogen) atoms. The summed E-state index contributed by atoms with van der Waals surface area (Å²) in [4.78, 5) is 28.6. The van der Waals surface area contributed by atoms with E-state index in [2.05, 4.69) is 10.1 Å². The minimum absolute atomic E-state index is 0.0412. The van der Waals surface area contributed by atoms with Gasteiger partial charge in [-0.3, -0.25) is 4.79 Å². The van der Waals surface area contributed by atoms with Crippen molar-refractivity contribution in [2.24, 2.45) is 0 Å². The number of hydrogen-bond donors (Lipinski definition) is 0. The smallest absolute Gasteiger partial charge is 0.344 e. The summed E-state index contributed by atoms with van der Waals surface area (Å²) < 4.78 is 29.7. The number of para-hydroxylation sites is 1. The van der Waals surface area contributed by atoms with E-state index in [4.69, 9.17) is 14.2 Å². The van der Waals surface area contributed by atoms with Gasteiger partial charge in [0.15, 0.2) is 18.2 Å². The van der Waals surface area contributed by atoms with E-state index in [1.807, 2.05) is 0 Å². The highest BCUT2D eigenvalue weighted by Crippen LogP contribution is 2.15. The van der Waals surface area contributed by atoms with Crippen LogP contribution in [0.15, 0.2) is 35.1 Å². The summed E-state index contributed by atoms with van der Waals surface area (Å²) in [6, 6.07) is 6.98. The molecule has 10 heteroatoms. The van der Waals surface area contributed by atoms with Gasteiger partial charge in [0.1, 0.15) is 11.6 Å². The SMILES string of the molecule is COCCc1nn2c(=O)cc(COC(=O)COc3ccccc3F)nc2s1. The van der Waals surface area contributed by atoms with Gasteiger partial charge in [0.25, 0.3) is 5.56 Å². The van der Waals surface area contributed by atoms with E-state index in [0.29, 0.717) is 28.7 Å². The van der Waals surface area contributed by atoms with E-state index in [0.717, 1.165) is 0 Å². The number of benzene rings is 1. The molecule has 3 rings (SSSR count). The first-order chi connectivity index (χ1) is 13.1. The van der Waals surface area contributed by atoms with Crippen LogP contribution in [0.4, 0.5) is 4.39 Å². The summed E-state index contributed by atoms with van der Waals surface area (Å²) in [5, 5.41) is 4.89. The maximum atomic E-state index is 13.4. The fourth-order valence-electron chi connectivity index (χ4n) is 2.15. The predicted octanol–water partition coefficient (Wildman–Crippen LogP) is 1.60. The Kier molecular flexibility index (Phi) is 6.09. The van der Waals surface area contributed by atoms with Crippen LogP contribution in [0.1, 0.15) is 10.7 Å². The first kappa shape index (κ1) is 18.9. The van der Waals surface area contributed by atoms with Crippen molar-refractivity contribution >= 4 is 22.3 Å². The molecule has 142 valence electrons. The molecule has 0 unspecified atom stereocenters. The van der Waals surface area contributed by atoms with E-state index < -0.39 is 18.4 Å². The van der Waals surface area contributed by atoms with Crippen molar-refractivity contribution < 1.29 is 23.4 Å². The largest absolute Gasteiger partial charge is 0.479 e. The van der Waals surface area contributed by atoms with Gasteiger partial charge in [-0.15, -0.1) is 0 Å². The Balaban J connectivity index is 1.60. The fourth-order valence-corrected chi connectivity index (χ4v) is 3.05. The van der Waals surface area contributed by atoms with Gasteiger partial charge in [-0.25, -0.2) is 14.2 Å². The Bertz CT molecular complexity index is 1000. The van der Waals surface area contributed by atoms with Crippen molar-refractivity contribution in [3.05, 3.63) is 57.2 Å². The Morgan fingerprint density at radius 1 is 1.33 bits per heavy atom. The summed E-state index contributed by atoms with van der Waals surface area (Å²) in [5.74, 6) is -1.31. The van der Waals surface area contributed by atoms with Gasteiger partial charge in [0, 0.05) is 19.6 Å². The molecule has 0 aliphatic heterocycles.